The molecule has 158 valence electrons. The standard InChI is InChI=1S/C24H29N3O2S/c1-26-12-4-14-28-21-8-2-6-19(16-21)23-10-11-24(30-23)20-7-3-9-22(17-20)29-15-5-13-27-18-25/h2-3,6-11,16-18,26H,4-5,12-15H2,1H3,(H2,25,27). The van der Waals surface area contributed by atoms with E-state index in [-0.39, 0.29) is 0 Å². The molecule has 0 aliphatic heterocycles. The fourth-order valence-corrected chi connectivity index (χ4v) is 3.98. The molecule has 3 N–H and O–H groups in total. The van der Waals surface area contributed by atoms with Gasteiger partial charge in [-0.3, -0.25) is 4.99 Å². The first-order chi connectivity index (χ1) is 14.8. The van der Waals surface area contributed by atoms with Crippen molar-refractivity contribution in [2.75, 3.05) is 33.4 Å². The van der Waals surface area contributed by atoms with E-state index < -0.39 is 0 Å². The molecule has 0 saturated carbocycles. The SMILES string of the molecule is CNCCCOc1cccc(-c2ccc(-c3cccc(OCCCN=CN)c3)s2)c1. The van der Waals surface area contributed by atoms with Gasteiger partial charge in [-0.25, -0.2) is 0 Å². The van der Waals surface area contributed by atoms with E-state index in [1.165, 1.54) is 21.7 Å². The van der Waals surface area contributed by atoms with Gasteiger partial charge in [0.25, 0.3) is 0 Å². The molecule has 30 heavy (non-hydrogen) atoms. The smallest absolute Gasteiger partial charge is 0.119 e. The van der Waals surface area contributed by atoms with Crippen molar-refractivity contribution < 1.29 is 9.47 Å². The van der Waals surface area contributed by atoms with Crippen molar-refractivity contribution >= 4 is 17.7 Å². The minimum atomic E-state index is 0.623. The molecule has 1 heterocycles. The topological polar surface area (TPSA) is 68.9 Å². The van der Waals surface area contributed by atoms with Gasteiger partial charge in [0.2, 0.25) is 0 Å². The van der Waals surface area contributed by atoms with Gasteiger partial charge in [0.05, 0.1) is 19.6 Å². The van der Waals surface area contributed by atoms with Crippen molar-refractivity contribution in [3.63, 3.8) is 0 Å². The molecule has 0 aliphatic carbocycles. The van der Waals surface area contributed by atoms with Gasteiger partial charge in [0, 0.05) is 22.7 Å². The van der Waals surface area contributed by atoms with E-state index in [0.717, 1.165) is 36.4 Å². The number of rotatable bonds is 12. The second-order valence-corrected chi connectivity index (χ2v) is 7.87. The highest BCUT2D eigenvalue weighted by molar-refractivity contribution is 7.18. The van der Waals surface area contributed by atoms with Gasteiger partial charge in [-0.2, -0.15) is 0 Å². The summed E-state index contributed by atoms with van der Waals surface area (Å²) in [6.45, 7) is 2.98. The molecule has 3 rings (SSSR count). The van der Waals surface area contributed by atoms with E-state index in [9.17, 15) is 0 Å². The minimum absolute atomic E-state index is 0.623. The first-order valence-corrected chi connectivity index (χ1v) is 11.0. The average Bonchev–Trinajstić information content (AvgIpc) is 3.28. The second kappa shape index (κ2) is 12.0. The molecule has 0 saturated heterocycles. The molecule has 1 aromatic heterocycles. The van der Waals surface area contributed by atoms with E-state index in [1.54, 1.807) is 11.3 Å². The number of nitrogens with two attached hydrogens (primary N) is 1. The summed E-state index contributed by atoms with van der Waals surface area (Å²) in [5, 5.41) is 3.14. The Balaban J connectivity index is 1.64. The quantitative estimate of drug-likeness (QED) is 0.249. The molecule has 6 heteroatoms. The molecule has 0 bridgehead atoms. The number of thiophene rings is 1. The molecular formula is C24H29N3O2S. The maximum atomic E-state index is 5.87. The highest BCUT2D eigenvalue weighted by atomic mass is 32.1. The lowest BCUT2D eigenvalue weighted by atomic mass is 10.1. The Labute approximate surface area is 182 Å². The van der Waals surface area contributed by atoms with Crippen LogP contribution < -0.4 is 20.5 Å². The fourth-order valence-electron chi connectivity index (χ4n) is 2.99. The summed E-state index contributed by atoms with van der Waals surface area (Å²) >= 11 is 1.77. The van der Waals surface area contributed by atoms with E-state index >= 15 is 0 Å². The maximum absolute atomic E-state index is 5.87. The first-order valence-electron chi connectivity index (χ1n) is 10.2. The lowest BCUT2D eigenvalue weighted by Crippen LogP contribution is -2.11. The van der Waals surface area contributed by atoms with Crippen LogP contribution in [0, 0.1) is 0 Å². The lowest BCUT2D eigenvalue weighted by molar-refractivity contribution is 0.310. The Hall–Kier alpha value is -2.83. The minimum Gasteiger partial charge on any atom is -0.494 e. The predicted molar refractivity (Wildman–Crippen MR) is 127 cm³/mol. The molecule has 0 radical (unpaired) electrons. The zero-order valence-electron chi connectivity index (χ0n) is 17.3. The van der Waals surface area contributed by atoms with Crippen LogP contribution in [0.3, 0.4) is 0 Å². The first kappa shape index (κ1) is 21.9. The Bertz CT molecular complexity index is 939. The third-order valence-electron chi connectivity index (χ3n) is 4.49. The zero-order chi connectivity index (χ0) is 21.0. The van der Waals surface area contributed by atoms with Crippen molar-refractivity contribution in [2.24, 2.45) is 10.7 Å². The van der Waals surface area contributed by atoms with Gasteiger partial charge in [-0.1, -0.05) is 24.3 Å². The molecule has 0 spiro atoms. The van der Waals surface area contributed by atoms with E-state index in [4.69, 9.17) is 15.2 Å². The number of benzene rings is 2. The van der Waals surface area contributed by atoms with Gasteiger partial charge in [0.1, 0.15) is 11.5 Å². The van der Waals surface area contributed by atoms with E-state index in [0.29, 0.717) is 19.8 Å². The van der Waals surface area contributed by atoms with Gasteiger partial charge >= 0.3 is 0 Å². The van der Waals surface area contributed by atoms with Crippen molar-refractivity contribution in [1.82, 2.24) is 5.32 Å². The number of nitrogens with zero attached hydrogens (tertiary/aromatic N) is 1. The summed E-state index contributed by atoms with van der Waals surface area (Å²) in [5.74, 6) is 1.78. The van der Waals surface area contributed by atoms with Crippen molar-refractivity contribution in [2.45, 2.75) is 12.8 Å². The van der Waals surface area contributed by atoms with Crippen LogP contribution in [0.25, 0.3) is 20.9 Å². The summed E-state index contributed by atoms with van der Waals surface area (Å²) in [7, 11) is 1.95. The highest BCUT2D eigenvalue weighted by Crippen LogP contribution is 2.36. The zero-order valence-corrected chi connectivity index (χ0v) is 18.2. The van der Waals surface area contributed by atoms with Crippen LogP contribution in [-0.4, -0.2) is 39.7 Å². The number of ether oxygens (including phenoxy) is 2. The fraction of sp³-hybridized carbons (Fsp3) is 0.292. The van der Waals surface area contributed by atoms with Gasteiger partial charge in [-0.05, 0) is 67.5 Å². The molecule has 0 aliphatic rings. The van der Waals surface area contributed by atoms with Gasteiger partial charge in [0.15, 0.2) is 0 Å². The molecule has 0 amide bonds. The summed E-state index contributed by atoms with van der Waals surface area (Å²) in [4.78, 5) is 6.42. The average molecular weight is 424 g/mol. The maximum Gasteiger partial charge on any atom is 0.119 e. The largest absolute Gasteiger partial charge is 0.494 e. The molecule has 3 aromatic rings. The van der Waals surface area contributed by atoms with E-state index in [2.05, 4.69) is 46.7 Å². The molecule has 5 nitrogen and oxygen atoms in total. The molecule has 0 atom stereocenters. The number of hydrogen-bond acceptors (Lipinski definition) is 5. The van der Waals surface area contributed by atoms with Crippen molar-refractivity contribution in [1.29, 1.82) is 0 Å². The van der Waals surface area contributed by atoms with E-state index in [1.807, 2.05) is 31.3 Å². The van der Waals surface area contributed by atoms with Crippen LogP contribution in [0.15, 0.2) is 65.7 Å². The van der Waals surface area contributed by atoms with Gasteiger partial charge in [-0.15, -0.1) is 11.3 Å². The summed E-state index contributed by atoms with van der Waals surface area (Å²) < 4.78 is 11.7. The third-order valence-corrected chi connectivity index (χ3v) is 5.67. The third kappa shape index (κ3) is 6.61. The Morgan fingerprint density at radius 2 is 1.50 bits per heavy atom. The monoisotopic (exact) mass is 423 g/mol. The highest BCUT2D eigenvalue weighted by Gasteiger charge is 2.07. The van der Waals surface area contributed by atoms with Crippen LogP contribution in [-0.2, 0) is 0 Å². The number of nitrogens with one attached hydrogen (secondary N) is 1. The normalized spacial score (nSPS) is 11.1. The summed E-state index contributed by atoms with van der Waals surface area (Å²) in [6.07, 6.45) is 3.16. The molecule has 0 unspecified atom stereocenters. The number of hydrogen-bond donors (Lipinski definition) is 2. The second-order valence-electron chi connectivity index (χ2n) is 6.78. The molecule has 2 aromatic carbocycles. The summed E-state index contributed by atoms with van der Waals surface area (Å²) in [5.41, 5.74) is 7.58. The van der Waals surface area contributed by atoms with Gasteiger partial charge < -0.3 is 20.5 Å². The number of aliphatic imine (C=N–C) groups is 1. The Morgan fingerprint density at radius 3 is 2.07 bits per heavy atom. The Morgan fingerprint density at radius 1 is 0.900 bits per heavy atom. The van der Waals surface area contributed by atoms with Crippen LogP contribution in [0.4, 0.5) is 0 Å². The molecular weight excluding hydrogens is 394 g/mol. The van der Waals surface area contributed by atoms with Crippen molar-refractivity contribution in [3.8, 4) is 32.4 Å². The van der Waals surface area contributed by atoms with Crippen LogP contribution >= 0.6 is 11.3 Å². The van der Waals surface area contributed by atoms with Crippen molar-refractivity contribution in [3.05, 3.63) is 60.7 Å². The van der Waals surface area contributed by atoms with Crippen LogP contribution in [0.5, 0.6) is 11.5 Å². The lowest BCUT2D eigenvalue weighted by Gasteiger charge is -2.07. The van der Waals surface area contributed by atoms with Crippen LogP contribution in [0.1, 0.15) is 12.8 Å². The predicted octanol–water partition coefficient (Wildman–Crippen LogP) is 4.83. The summed E-state index contributed by atoms with van der Waals surface area (Å²) in [6, 6.07) is 20.8. The van der Waals surface area contributed by atoms with Crippen LogP contribution in [0.2, 0.25) is 0 Å². The Kier molecular flexibility index (Phi) is 8.75. The molecule has 0 fully saturated rings.